The van der Waals surface area contributed by atoms with Gasteiger partial charge in [-0.25, -0.2) is 0 Å². The summed E-state index contributed by atoms with van der Waals surface area (Å²) in [5.74, 6) is -0.0492. The molecule has 17 heavy (non-hydrogen) atoms. The lowest BCUT2D eigenvalue weighted by molar-refractivity contribution is 0.442. The van der Waals surface area contributed by atoms with Gasteiger partial charge in [0, 0.05) is 0 Å². The Kier molecular flexibility index (Phi) is 5.65. The first-order valence-electron chi connectivity index (χ1n) is 6.00. The molecule has 1 unspecified atom stereocenters. The highest BCUT2D eigenvalue weighted by atomic mass is 32.2. The average molecular weight is 256 g/mol. The molecule has 0 aromatic heterocycles. The molecule has 0 fully saturated rings. The van der Waals surface area contributed by atoms with Gasteiger partial charge in [0.05, 0.1) is 5.75 Å². The lowest BCUT2D eigenvalue weighted by Gasteiger charge is -2.12. The maximum Gasteiger partial charge on any atom is 0.265 e. The molecule has 0 radical (unpaired) electrons. The van der Waals surface area contributed by atoms with Crippen molar-refractivity contribution in [3.05, 3.63) is 35.9 Å². The first kappa shape index (κ1) is 14.2. The fraction of sp³-hybridized carbons (Fsp3) is 0.538. The molecule has 1 N–H and O–H groups in total. The molecule has 1 atom stereocenters. The molecule has 1 aromatic carbocycles. The Balaban J connectivity index is 2.34. The van der Waals surface area contributed by atoms with E-state index in [9.17, 15) is 8.42 Å². The van der Waals surface area contributed by atoms with E-state index in [4.69, 9.17) is 4.55 Å². The molecule has 0 bridgehead atoms. The summed E-state index contributed by atoms with van der Waals surface area (Å²) in [6.07, 6.45) is 3.54. The number of hydrogen-bond acceptors (Lipinski definition) is 2. The van der Waals surface area contributed by atoms with Gasteiger partial charge in [0.25, 0.3) is 10.1 Å². The van der Waals surface area contributed by atoms with Crippen LogP contribution in [0.3, 0.4) is 0 Å². The highest BCUT2D eigenvalue weighted by molar-refractivity contribution is 7.85. The smallest absolute Gasteiger partial charge is 0.265 e. The van der Waals surface area contributed by atoms with Crippen molar-refractivity contribution in [3.8, 4) is 0 Å². The van der Waals surface area contributed by atoms with E-state index in [1.54, 1.807) is 0 Å². The Morgan fingerprint density at radius 2 is 1.88 bits per heavy atom. The normalized spacial score (nSPS) is 13.5. The van der Waals surface area contributed by atoms with Gasteiger partial charge < -0.3 is 0 Å². The van der Waals surface area contributed by atoms with Gasteiger partial charge in [-0.2, -0.15) is 8.42 Å². The van der Waals surface area contributed by atoms with Gasteiger partial charge in [0.1, 0.15) is 0 Å². The Hall–Kier alpha value is -0.870. The number of hydrogen-bond donors (Lipinski definition) is 1. The summed E-state index contributed by atoms with van der Waals surface area (Å²) >= 11 is 0. The largest absolute Gasteiger partial charge is 0.286 e. The van der Waals surface area contributed by atoms with Crippen LogP contribution >= 0.6 is 0 Å². The summed E-state index contributed by atoms with van der Waals surface area (Å²) in [5.41, 5.74) is 1.27. The van der Waals surface area contributed by atoms with E-state index in [1.807, 2.05) is 25.1 Å². The average Bonchev–Trinajstić information content (AvgIpc) is 2.27. The number of aryl methyl sites for hydroxylation is 1. The van der Waals surface area contributed by atoms with Crippen LogP contribution in [0.15, 0.2) is 30.3 Å². The molecule has 0 amide bonds. The van der Waals surface area contributed by atoms with Gasteiger partial charge in [-0.3, -0.25) is 4.55 Å². The van der Waals surface area contributed by atoms with Crippen molar-refractivity contribution in [1.29, 1.82) is 0 Å². The first-order chi connectivity index (χ1) is 8.01. The zero-order valence-corrected chi connectivity index (χ0v) is 11.0. The molecule has 0 spiro atoms. The van der Waals surface area contributed by atoms with Crippen molar-refractivity contribution < 1.29 is 13.0 Å². The van der Waals surface area contributed by atoms with Gasteiger partial charge in [-0.1, -0.05) is 43.7 Å². The summed E-state index contributed by atoms with van der Waals surface area (Å²) in [5, 5.41) is 0. The van der Waals surface area contributed by atoms with Crippen molar-refractivity contribution in [1.82, 2.24) is 0 Å². The van der Waals surface area contributed by atoms with E-state index < -0.39 is 10.1 Å². The Labute approximate surface area is 104 Å². The van der Waals surface area contributed by atoms with Crippen LogP contribution in [0.25, 0.3) is 0 Å². The lowest BCUT2D eigenvalue weighted by Crippen LogP contribution is -2.14. The minimum absolute atomic E-state index is 0.0636. The van der Waals surface area contributed by atoms with Crippen LogP contribution in [0.1, 0.15) is 31.7 Å². The molecule has 0 aliphatic rings. The summed E-state index contributed by atoms with van der Waals surface area (Å²) in [4.78, 5) is 0. The lowest BCUT2D eigenvalue weighted by atomic mass is 9.99. The predicted molar refractivity (Wildman–Crippen MR) is 69.6 cm³/mol. The summed E-state index contributed by atoms with van der Waals surface area (Å²) < 4.78 is 30.4. The van der Waals surface area contributed by atoms with Crippen molar-refractivity contribution in [3.63, 3.8) is 0 Å². The molecule has 96 valence electrons. The van der Waals surface area contributed by atoms with Crippen molar-refractivity contribution in [2.75, 3.05) is 5.75 Å². The molecule has 4 heteroatoms. The topological polar surface area (TPSA) is 54.4 Å². The molecule has 0 saturated heterocycles. The molecular formula is C13H20O3S. The van der Waals surface area contributed by atoms with Gasteiger partial charge in [0.15, 0.2) is 0 Å². The van der Waals surface area contributed by atoms with Gasteiger partial charge in [-0.15, -0.1) is 0 Å². The standard InChI is InChI=1S/C13H20O3S/c1-2-12(11-17(14,15)16)9-6-10-13-7-4-3-5-8-13/h3-5,7-8,12H,2,6,9-11H2,1H3,(H,14,15,16). The maximum atomic E-state index is 10.8. The molecule has 0 aliphatic heterocycles. The number of rotatable bonds is 7. The summed E-state index contributed by atoms with van der Waals surface area (Å²) in [7, 11) is -3.83. The zero-order valence-electron chi connectivity index (χ0n) is 10.2. The van der Waals surface area contributed by atoms with E-state index in [0.29, 0.717) is 0 Å². The molecule has 3 nitrogen and oxygen atoms in total. The van der Waals surface area contributed by atoms with Crippen LogP contribution < -0.4 is 0 Å². The molecule has 0 aliphatic carbocycles. The second-order valence-corrected chi connectivity index (χ2v) is 5.90. The fourth-order valence-corrected chi connectivity index (χ4v) is 2.94. The third-order valence-corrected chi connectivity index (χ3v) is 3.84. The zero-order chi connectivity index (χ0) is 12.7. The van der Waals surface area contributed by atoms with Gasteiger partial charge in [-0.05, 0) is 30.7 Å². The Morgan fingerprint density at radius 1 is 1.24 bits per heavy atom. The highest BCUT2D eigenvalue weighted by Crippen LogP contribution is 2.15. The van der Waals surface area contributed by atoms with E-state index in [-0.39, 0.29) is 11.7 Å². The summed E-state index contributed by atoms with van der Waals surface area (Å²) in [6, 6.07) is 10.1. The molecule has 1 aromatic rings. The van der Waals surface area contributed by atoms with E-state index in [0.717, 1.165) is 25.7 Å². The Morgan fingerprint density at radius 3 is 2.41 bits per heavy atom. The van der Waals surface area contributed by atoms with Crippen molar-refractivity contribution >= 4 is 10.1 Å². The fourth-order valence-electron chi connectivity index (χ4n) is 1.94. The SMILES string of the molecule is CCC(CCCc1ccccc1)CS(=O)(=O)O. The van der Waals surface area contributed by atoms with Crippen LogP contribution in [-0.4, -0.2) is 18.7 Å². The monoisotopic (exact) mass is 256 g/mol. The second kappa shape index (κ2) is 6.77. The van der Waals surface area contributed by atoms with Crippen LogP contribution in [0, 0.1) is 5.92 Å². The van der Waals surface area contributed by atoms with E-state index >= 15 is 0 Å². The quantitative estimate of drug-likeness (QED) is 0.763. The van der Waals surface area contributed by atoms with E-state index in [2.05, 4.69) is 12.1 Å². The highest BCUT2D eigenvalue weighted by Gasteiger charge is 2.14. The van der Waals surface area contributed by atoms with Crippen LogP contribution in [0.4, 0.5) is 0 Å². The molecular weight excluding hydrogens is 236 g/mol. The minimum Gasteiger partial charge on any atom is -0.286 e. The van der Waals surface area contributed by atoms with Gasteiger partial charge in [0.2, 0.25) is 0 Å². The first-order valence-corrected chi connectivity index (χ1v) is 7.61. The van der Waals surface area contributed by atoms with Crippen LogP contribution in [0.2, 0.25) is 0 Å². The third-order valence-electron chi connectivity index (χ3n) is 2.94. The summed E-state index contributed by atoms with van der Waals surface area (Å²) in [6.45, 7) is 1.96. The molecule has 0 saturated carbocycles. The minimum atomic E-state index is -3.83. The Bertz CT molecular complexity index is 412. The van der Waals surface area contributed by atoms with Crippen LogP contribution in [-0.2, 0) is 16.5 Å². The third kappa shape index (κ3) is 6.44. The number of benzene rings is 1. The molecule has 0 heterocycles. The van der Waals surface area contributed by atoms with Crippen molar-refractivity contribution in [2.24, 2.45) is 5.92 Å². The maximum absolute atomic E-state index is 10.8. The van der Waals surface area contributed by atoms with Gasteiger partial charge >= 0.3 is 0 Å². The second-order valence-electron chi connectivity index (χ2n) is 4.40. The van der Waals surface area contributed by atoms with Crippen molar-refractivity contribution in [2.45, 2.75) is 32.6 Å². The molecule has 1 rings (SSSR count). The predicted octanol–water partition coefficient (Wildman–Crippen LogP) is 2.92. The van der Waals surface area contributed by atoms with Crippen LogP contribution in [0.5, 0.6) is 0 Å². The van der Waals surface area contributed by atoms with E-state index in [1.165, 1.54) is 5.56 Å².